The molecule has 0 saturated heterocycles. The Morgan fingerprint density at radius 3 is 3.00 bits per heavy atom. The molecule has 0 fully saturated rings. The number of terminal acetylenes is 1. The summed E-state index contributed by atoms with van der Waals surface area (Å²) in [7, 11) is 0. The summed E-state index contributed by atoms with van der Waals surface area (Å²) in [4.78, 5) is 10.2. The summed E-state index contributed by atoms with van der Waals surface area (Å²) in [6.45, 7) is 0.0951. The molecule has 0 unspecified atom stereocenters. The molecular weight excluding hydrogens is 134 g/mol. The molecule has 0 aromatic heterocycles. The average molecular weight is 139 g/mol. The Hall–Kier alpha value is -1.68. The fourth-order valence-corrected chi connectivity index (χ4v) is 0.272. The molecule has 0 spiro atoms. The molecule has 0 bridgehead atoms. The van der Waals surface area contributed by atoms with E-state index in [9.17, 15) is 10.0 Å². The molecule has 0 heterocycles. The molecule has 0 atom stereocenters. The van der Waals surface area contributed by atoms with Crippen LogP contribution in [0.4, 0.5) is 0 Å². The molecule has 0 aliphatic heterocycles. The molecule has 0 saturated carbocycles. The molecule has 0 rings (SSSR count). The van der Waals surface area contributed by atoms with Crippen molar-refractivity contribution in [2.45, 2.75) is 6.42 Å². The summed E-state index contributed by atoms with van der Waals surface area (Å²) in [6, 6.07) is 1.54. The summed E-state index contributed by atoms with van der Waals surface area (Å²) < 4.78 is 4.34. The van der Waals surface area contributed by atoms with E-state index < -0.39 is 5.97 Å². The second-order valence-electron chi connectivity index (χ2n) is 1.29. The van der Waals surface area contributed by atoms with E-state index in [1.165, 1.54) is 0 Å². The normalized spacial score (nSPS) is 6.70. The zero-order chi connectivity index (χ0) is 7.82. The lowest BCUT2D eigenvalue weighted by molar-refractivity contribution is -0.136. The zero-order valence-electron chi connectivity index (χ0n) is 5.16. The second kappa shape index (κ2) is 5.46. The minimum absolute atomic E-state index is 0.0951. The van der Waals surface area contributed by atoms with Gasteiger partial charge in [0.1, 0.15) is 6.61 Å². The van der Waals surface area contributed by atoms with E-state index >= 15 is 0 Å². The van der Waals surface area contributed by atoms with Crippen molar-refractivity contribution >= 4 is 5.97 Å². The summed E-state index contributed by atoms with van der Waals surface area (Å²) in [5.74, 6) is 1.37. The van der Waals surface area contributed by atoms with Gasteiger partial charge in [-0.15, -0.1) is 12.3 Å². The second-order valence-corrected chi connectivity index (χ2v) is 1.29. The van der Waals surface area contributed by atoms with Gasteiger partial charge in [0.2, 0.25) is 0 Å². The highest BCUT2D eigenvalue weighted by molar-refractivity contribution is 5.87. The largest absolute Gasteiger partial charge is 0.498 e. The van der Waals surface area contributed by atoms with Crippen LogP contribution < -0.4 is 0 Å². The first kappa shape index (κ1) is 8.32. The predicted octanol–water partition coefficient (Wildman–Crippen LogP) is 0.384. The monoisotopic (exact) mass is 139 g/mol. The minimum atomic E-state index is -0.884. The quantitative estimate of drug-likeness (QED) is 0.183. The Morgan fingerprint density at radius 2 is 2.50 bits per heavy atom. The third-order valence-corrected chi connectivity index (χ3v) is 0.616. The number of esters is 1. The number of carbonyl (C=O) groups excluding carboxylic acids is 1. The number of hydrogen-bond donors (Lipinski definition) is 0. The first-order chi connectivity index (χ1) is 4.81. The van der Waals surface area contributed by atoms with Crippen LogP contribution in [0.1, 0.15) is 6.42 Å². The first-order valence-electron chi connectivity index (χ1n) is 2.50. The van der Waals surface area contributed by atoms with Crippen LogP contribution in [0.5, 0.6) is 0 Å². The van der Waals surface area contributed by atoms with Gasteiger partial charge in [0, 0.05) is 11.4 Å². The molecule has 0 amide bonds. The van der Waals surface area contributed by atoms with Gasteiger partial charge < -0.3 is 9.94 Å². The van der Waals surface area contributed by atoms with E-state index in [2.05, 4.69) is 15.7 Å². The third-order valence-electron chi connectivity index (χ3n) is 0.616. The van der Waals surface area contributed by atoms with Crippen molar-refractivity contribution in [3.8, 4) is 18.4 Å². The Bertz CT molecular complexity index is 205. The number of hydrogen-bond acceptors (Lipinski definition) is 3. The van der Waals surface area contributed by atoms with Crippen molar-refractivity contribution in [3.63, 3.8) is 0 Å². The highest BCUT2D eigenvalue weighted by Crippen LogP contribution is 1.80. The van der Waals surface area contributed by atoms with E-state index in [0.717, 1.165) is 0 Å². The van der Waals surface area contributed by atoms with Gasteiger partial charge in [-0.25, -0.2) is 4.79 Å². The van der Waals surface area contributed by atoms with E-state index in [4.69, 9.17) is 6.42 Å². The minimum Gasteiger partial charge on any atom is -0.498 e. The van der Waals surface area contributed by atoms with Crippen LogP contribution in [0.3, 0.4) is 0 Å². The Labute approximate surface area is 58.2 Å². The number of carbonyl (C=O) groups is 1. The van der Waals surface area contributed by atoms with Crippen molar-refractivity contribution in [2.24, 2.45) is 0 Å². The first-order valence-corrected chi connectivity index (χ1v) is 2.50. The third kappa shape index (κ3) is 4.48. The fraction of sp³-hybridized carbons (Fsp3) is 0.333. The lowest BCUT2D eigenvalue weighted by Crippen LogP contribution is -2.01. The Morgan fingerprint density at radius 1 is 1.80 bits per heavy atom. The molecule has 0 radical (unpaired) electrons. The maximum atomic E-state index is 10.2. The molecular formula is C6H5NO3. The Kier molecular flexibility index (Phi) is 4.54. The van der Waals surface area contributed by atoms with Gasteiger partial charge in [-0.3, -0.25) is 0 Å². The molecule has 0 aliphatic carbocycles. The van der Waals surface area contributed by atoms with Crippen LogP contribution in [-0.4, -0.2) is 12.6 Å². The molecule has 0 aromatic rings. The molecule has 52 valence electrons. The van der Waals surface area contributed by atoms with Crippen molar-refractivity contribution in [1.82, 2.24) is 0 Å². The zero-order valence-corrected chi connectivity index (χ0v) is 5.16. The van der Waals surface area contributed by atoms with Crippen LogP contribution in [0.25, 0.3) is 5.01 Å². The van der Waals surface area contributed by atoms with Crippen molar-refractivity contribution in [2.75, 3.05) is 6.61 Å². The number of rotatable bonds is 2. The van der Waals surface area contributed by atoms with Gasteiger partial charge >= 0.3 is 12.0 Å². The summed E-state index contributed by atoms with van der Waals surface area (Å²) in [5.41, 5.74) is 0. The van der Waals surface area contributed by atoms with Crippen LogP contribution in [0.15, 0.2) is 0 Å². The van der Waals surface area contributed by atoms with Crippen molar-refractivity contribution < 1.29 is 9.53 Å². The fourth-order valence-electron chi connectivity index (χ4n) is 0.272. The smallest absolute Gasteiger partial charge is 0.461 e. The van der Waals surface area contributed by atoms with Gasteiger partial charge in [-0.1, -0.05) is 0 Å². The van der Waals surface area contributed by atoms with Gasteiger partial charge in [0.15, 0.2) is 0 Å². The van der Waals surface area contributed by atoms with E-state index in [1.807, 2.05) is 0 Å². The van der Waals surface area contributed by atoms with Crippen LogP contribution >= 0.6 is 0 Å². The molecule has 10 heavy (non-hydrogen) atoms. The lowest BCUT2D eigenvalue weighted by Gasteiger charge is -1.89. The maximum Gasteiger partial charge on any atom is 0.461 e. The van der Waals surface area contributed by atoms with Crippen LogP contribution in [-0.2, 0) is 9.53 Å². The van der Waals surface area contributed by atoms with Crippen LogP contribution in [0, 0.1) is 23.6 Å². The maximum absolute atomic E-state index is 10.2. The number of nitrogens with zero attached hydrogens (tertiary/aromatic N) is 1. The molecule has 4 heteroatoms. The Balaban J connectivity index is 3.39. The van der Waals surface area contributed by atoms with Gasteiger partial charge in [-0.05, 0) is 0 Å². The molecule has 0 aromatic carbocycles. The van der Waals surface area contributed by atoms with E-state index in [0.29, 0.717) is 6.42 Å². The summed E-state index contributed by atoms with van der Waals surface area (Å²) in [6.07, 6.45) is 5.17. The lowest BCUT2D eigenvalue weighted by atomic mass is 10.5. The topological polar surface area (TPSA) is 53.7 Å². The highest BCUT2D eigenvalue weighted by atomic mass is 16.5. The average Bonchev–Trinajstić information content (AvgIpc) is 1.89. The van der Waals surface area contributed by atoms with Crippen LogP contribution in [0.2, 0.25) is 0 Å². The number of ether oxygens (including phenoxy) is 1. The van der Waals surface area contributed by atoms with E-state index in [1.54, 1.807) is 6.07 Å². The molecule has 4 nitrogen and oxygen atoms in total. The van der Waals surface area contributed by atoms with Crippen molar-refractivity contribution in [3.05, 3.63) is 10.2 Å². The standard InChI is InChI=1S/C6H5NO3/c1-2-3-4-10-6(8)5-7-9/h1H,3-4H2. The van der Waals surface area contributed by atoms with Crippen molar-refractivity contribution in [1.29, 1.82) is 0 Å². The van der Waals surface area contributed by atoms with E-state index in [-0.39, 0.29) is 6.61 Å². The summed E-state index contributed by atoms with van der Waals surface area (Å²) >= 11 is 0. The summed E-state index contributed by atoms with van der Waals surface area (Å²) in [5, 5.41) is 11.4. The predicted molar refractivity (Wildman–Crippen MR) is 35.0 cm³/mol. The van der Waals surface area contributed by atoms with Gasteiger partial charge in [0.05, 0.1) is 0 Å². The SMILES string of the molecule is C#CCCOC(=O)C#[N+][O-]. The molecule has 0 N–H and O–H groups in total. The highest BCUT2D eigenvalue weighted by Gasteiger charge is 2.02. The molecule has 0 aliphatic rings. The van der Waals surface area contributed by atoms with Gasteiger partial charge in [0.25, 0.3) is 0 Å². The van der Waals surface area contributed by atoms with Gasteiger partial charge in [-0.2, -0.15) is 0 Å².